The molecule has 0 fully saturated rings. The zero-order valence-corrected chi connectivity index (χ0v) is 44.8. The Morgan fingerprint density at radius 2 is 1.42 bits per heavy atom. The summed E-state index contributed by atoms with van der Waals surface area (Å²) in [5, 5.41) is 2.02. The summed E-state index contributed by atoms with van der Waals surface area (Å²) in [5.41, 5.74) is 18.2. The first-order valence-corrected chi connectivity index (χ1v) is 31.0. The van der Waals surface area contributed by atoms with Crippen LogP contribution >= 0.6 is 0 Å². The minimum atomic E-state index is -1.89. The summed E-state index contributed by atoms with van der Waals surface area (Å²) in [5.74, 6) is 9.47. The first-order valence-electron chi connectivity index (χ1n) is 23.7. The van der Waals surface area contributed by atoms with Gasteiger partial charge < -0.3 is 8.98 Å². The van der Waals surface area contributed by atoms with Gasteiger partial charge in [0, 0.05) is 36.9 Å². The number of rotatable bonds is 9. The molecule has 0 bridgehead atoms. The average Bonchev–Trinajstić information content (AvgIpc) is 3.86. The molecule has 0 aliphatic heterocycles. The number of imidazole rings is 1. The molecule has 5 nitrogen and oxygen atoms in total. The molecule has 0 unspecified atom stereocenters. The third kappa shape index (κ3) is 9.52. The monoisotopic (exact) mass is 1110 g/mol. The van der Waals surface area contributed by atoms with Crippen LogP contribution in [0.1, 0.15) is 99.7 Å². The van der Waals surface area contributed by atoms with Crippen LogP contribution in [0.15, 0.2) is 120 Å². The molecule has 0 saturated carbocycles. The second-order valence-corrected chi connectivity index (χ2v) is 30.7. The van der Waals surface area contributed by atoms with Gasteiger partial charge in [-0.05, 0) is 77.4 Å². The summed E-state index contributed by atoms with van der Waals surface area (Å²) >= 11 is -1.89. The molecule has 66 heavy (non-hydrogen) atoms. The topological polar surface area (TPSA) is 56.7 Å². The van der Waals surface area contributed by atoms with E-state index in [0.29, 0.717) is 23.5 Å². The summed E-state index contributed by atoms with van der Waals surface area (Å²) in [6.45, 7) is 15.7. The van der Waals surface area contributed by atoms with Crippen molar-refractivity contribution in [1.29, 1.82) is 0 Å². The molecule has 5 aromatic carbocycles. The Labute approximate surface area is 408 Å². The van der Waals surface area contributed by atoms with E-state index in [1.807, 2.05) is 25.1 Å². The average molecular weight is 1110 g/mol. The van der Waals surface area contributed by atoms with Crippen LogP contribution in [0.25, 0.3) is 72.6 Å². The van der Waals surface area contributed by atoms with Crippen molar-refractivity contribution >= 4 is 50.8 Å². The Hall–Kier alpha value is -5.14. The van der Waals surface area contributed by atoms with Crippen LogP contribution in [0.2, 0.25) is 17.3 Å². The molecular formula is C59H62GeIrN4O-2. The minimum Gasteiger partial charge on any atom is -0.486 e. The number of aryl methyl sites for hydroxylation is 3. The fourth-order valence-corrected chi connectivity index (χ4v) is 13.0. The van der Waals surface area contributed by atoms with E-state index in [2.05, 4.69) is 178 Å². The van der Waals surface area contributed by atoms with E-state index in [0.717, 1.165) is 56.6 Å². The zero-order chi connectivity index (χ0) is 45.6. The Kier molecular flexibility index (Phi) is 14.1. The number of nitrogens with zero attached hydrogens (tertiary/aromatic N) is 4. The number of aromatic nitrogens is 4. The normalized spacial score (nSPS) is 12.8. The molecule has 1 aliphatic rings. The Bertz CT molecular complexity index is 3140. The van der Waals surface area contributed by atoms with Crippen molar-refractivity contribution in [2.45, 2.75) is 110 Å². The number of para-hydroxylation sites is 2. The number of fused-ring (bicyclic) bond motifs is 5. The van der Waals surface area contributed by atoms with E-state index in [1.54, 1.807) is 4.40 Å². The SMILES string of the molecule is CC(C)Cc1cc(-c2[c-]cc3c(c2)CCCC3)nc[c]1[Ge]([CH3])([CH3])[CH3].Cc1ccc2c(n1)oc1c(-c3nc4ccccc4n3-c3c(C(C)C)cc(-c4ccccc4)cc3C(C)C)[c-]ccc12.[Ir]. The van der Waals surface area contributed by atoms with Crippen LogP contribution in [0, 0.1) is 25.0 Å². The number of hydrogen-bond donors (Lipinski definition) is 0. The molecule has 10 rings (SSSR count). The van der Waals surface area contributed by atoms with E-state index >= 15 is 0 Å². The predicted octanol–water partition coefficient (Wildman–Crippen LogP) is 15.2. The van der Waals surface area contributed by atoms with Gasteiger partial charge in [0.2, 0.25) is 5.71 Å². The Morgan fingerprint density at radius 3 is 2.12 bits per heavy atom. The summed E-state index contributed by atoms with van der Waals surface area (Å²) < 4.78 is 10.3. The molecule has 7 heteroatoms. The number of furan rings is 1. The van der Waals surface area contributed by atoms with E-state index in [9.17, 15) is 0 Å². The van der Waals surface area contributed by atoms with Crippen molar-refractivity contribution in [3.8, 4) is 39.5 Å². The van der Waals surface area contributed by atoms with Crippen molar-refractivity contribution in [3.63, 3.8) is 0 Å². The maximum Gasteiger partial charge on any atom is 0.216 e. The predicted molar refractivity (Wildman–Crippen MR) is 275 cm³/mol. The number of benzene rings is 5. The standard InChI is InChI=1S/C37H32N3O.C22H30GeN.Ir/c1-22(2)30-20-26(25-12-7-6-8-13-25)21-31(23(3)4)34(30)40-33-17-10-9-16-32(33)39-36(40)29-15-11-14-27-28-19-18-24(5)38-37(28)41-35(27)29;1-16(2)12-20-14-22(24-15-21(20)23(3,4)5)19-11-10-17-8-6-7-9-18(17)13-19;/h6-14,16-23H,1-5H3;10,13-16H,6-9,12H2,1-5H3;/q2*-1;. The fraction of sp³-hybridized carbons (Fsp3) is 0.305. The fourth-order valence-electron chi connectivity index (χ4n) is 9.66. The molecule has 1 aliphatic carbocycles. The number of pyridine rings is 2. The van der Waals surface area contributed by atoms with Crippen molar-refractivity contribution in [2.24, 2.45) is 5.92 Å². The van der Waals surface area contributed by atoms with Crippen LogP contribution in [-0.4, -0.2) is 32.8 Å². The van der Waals surface area contributed by atoms with E-state index < -0.39 is 13.3 Å². The van der Waals surface area contributed by atoms with Gasteiger partial charge in [0.25, 0.3) is 0 Å². The van der Waals surface area contributed by atoms with Crippen LogP contribution in [-0.2, 0) is 39.4 Å². The molecule has 0 atom stereocenters. The van der Waals surface area contributed by atoms with Crippen LogP contribution in [0.4, 0.5) is 0 Å². The van der Waals surface area contributed by atoms with Crippen LogP contribution in [0.5, 0.6) is 0 Å². The largest absolute Gasteiger partial charge is 0.486 e. The molecular weight excluding hydrogens is 1050 g/mol. The van der Waals surface area contributed by atoms with Gasteiger partial charge in [0.15, 0.2) is 0 Å². The quantitative estimate of drug-likeness (QED) is 0.107. The number of hydrogen-bond acceptors (Lipinski definition) is 4. The smallest absolute Gasteiger partial charge is 0.216 e. The van der Waals surface area contributed by atoms with Crippen molar-refractivity contribution in [2.75, 3.05) is 0 Å². The van der Waals surface area contributed by atoms with Gasteiger partial charge in [-0.1, -0.05) is 81.1 Å². The summed E-state index contributed by atoms with van der Waals surface area (Å²) in [4.78, 5) is 14.8. The summed E-state index contributed by atoms with van der Waals surface area (Å²) in [6, 6.07) is 45.8. The molecule has 0 amide bonds. The van der Waals surface area contributed by atoms with Crippen molar-refractivity contribution in [1.82, 2.24) is 19.5 Å². The molecule has 339 valence electrons. The Morgan fingerprint density at radius 1 is 0.727 bits per heavy atom. The van der Waals surface area contributed by atoms with Crippen molar-refractivity contribution in [3.05, 3.63) is 161 Å². The van der Waals surface area contributed by atoms with Gasteiger partial charge in [-0.15, -0.1) is 18.2 Å². The van der Waals surface area contributed by atoms with Crippen LogP contribution < -0.4 is 4.40 Å². The Balaban J connectivity index is 0.000000203. The molecule has 4 aromatic heterocycles. The third-order valence-corrected chi connectivity index (χ3v) is 17.3. The second-order valence-electron chi connectivity index (χ2n) is 20.1. The van der Waals surface area contributed by atoms with Gasteiger partial charge >= 0.3 is 150 Å². The molecule has 9 aromatic rings. The third-order valence-electron chi connectivity index (χ3n) is 12.9. The van der Waals surface area contributed by atoms with Crippen molar-refractivity contribution < 1.29 is 24.5 Å². The maximum atomic E-state index is 6.44. The molecule has 0 saturated heterocycles. The summed E-state index contributed by atoms with van der Waals surface area (Å²) in [6.07, 6.45) is 8.40. The van der Waals surface area contributed by atoms with E-state index in [4.69, 9.17) is 14.4 Å². The molecule has 0 spiro atoms. The second kappa shape index (κ2) is 19.6. The van der Waals surface area contributed by atoms with Crippen LogP contribution in [0.3, 0.4) is 0 Å². The summed E-state index contributed by atoms with van der Waals surface area (Å²) in [7, 11) is 0. The zero-order valence-electron chi connectivity index (χ0n) is 40.3. The first-order chi connectivity index (χ1) is 31.2. The van der Waals surface area contributed by atoms with E-state index in [-0.39, 0.29) is 20.1 Å². The van der Waals surface area contributed by atoms with Gasteiger partial charge in [0.1, 0.15) is 0 Å². The van der Waals surface area contributed by atoms with Gasteiger partial charge in [-0.3, -0.25) is 4.98 Å². The van der Waals surface area contributed by atoms with E-state index in [1.165, 1.54) is 75.9 Å². The van der Waals surface area contributed by atoms with Gasteiger partial charge in [0.05, 0.1) is 22.4 Å². The van der Waals surface area contributed by atoms with Gasteiger partial charge in [-0.25, -0.2) is 4.98 Å². The molecule has 0 N–H and O–H groups in total. The maximum absolute atomic E-state index is 6.44. The minimum absolute atomic E-state index is 0. The van der Waals surface area contributed by atoms with Gasteiger partial charge in [-0.2, -0.15) is 0 Å². The molecule has 1 radical (unpaired) electrons. The first kappa shape index (κ1) is 47.4. The molecule has 4 heterocycles.